The average Bonchev–Trinajstić information content (AvgIpc) is 3.24. The molecule has 0 spiro atoms. The number of amides is 1. The number of carbonyl (C=O) groups excluding carboxylic acids is 1. The highest BCUT2D eigenvalue weighted by molar-refractivity contribution is 9.10. The maximum Gasteiger partial charge on any atom is 0.275 e. The highest BCUT2D eigenvalue weighted by Crippen LogP contribution is 2.27. The molecule has 1 N–H and O–H groups in total. The van der Waals surface area contributed by atoms with Crippen LogP contribution in [0.25, 0.3) is 0 Å². The Labute approximate surface area is 156 Å². The molecule has 1 aromatic heterocycles. The predicted octanol–water partition coefficient (Wildman–Crippen LogP) is 4.12. The normalized spacial score (nSPS) is 17.2. The Hall–Kier alpha value is -1.66. The summed E-state index contributed by atoms with van der Waals surface area (Å²) in [6.07, 6.45) is 2.16. The number of halogens is 1. The maximum atomic E-state index is 13.2. The van der Waals surface area contributed by atoms with Crippen LogP contribution in [0.3, 0.4) is 0 Å². The fourth-order valence-electron chi connectivity index (χ4n) is 3.07. The van der Waals surface area contributed by atoms with Crippen LogP contribution in [0.2, 0.25) is 0 Å². The highest BCUT2D eigenvalue weighted by atomic mass is 79.9. The van der Waals surface area contributed by atoms with Crippen LogP contribution in [0.15, 0.2) is 34.8 Å². The summed E-state index contributed by atoms with van der Waals surface area (Å²) in [7, 11) is 0. The van der Waals surface area contributed by atoms with Gasteiger partial charge in [0.2, 0.25) is 0 Å². The van der Waals surface area contributed by atoms with E-state index in [1.165, 1.54) is 0 Å². The second-order valence-corrected chi connectivity index (χ2v) is 7.55. The molecule has 2 aromatic rings. The van der Waals surface area contributed by atoms with Gasteiger partial charge in [0, 0.05) is 19.7 Å². The SMILES string of the molecule is CC(C)c1[nH]nc(C(=O)N(Cc2ccccc2)CC2CCCO2)c1Br. The summed E-state index contributed by atoms with van der Waals surface area (Å²) in [6, 6.07) is 10.0. The Morgan fingerprint density at radius 2 is 2.16 bits per heavy atom. The molecular weight excluding hydrogens is 382 g/mol. The van der Waals surface area contributed by atoms with Crippen molar-refractivity contribution < 1.29 is 9.53 Å². The van der Waals surface area contributed by atoms with E-state index in [2.05, 4.69) is 40.0 Å². The molecule has 6 heteroatoms. The van der Waals surface area contributed by atoms with Gasteiger partial charge in [-0.15, -0.1) is 0 Å². The minimum absolute atomic E-state index is 0.0746. The number of hydrogen-bond acceptors (Lipinski definition) is 3. The van der Waals surface area contributed by atoms with E-state index in [4.69, 9.17) is 4.74 Å². The minimum Gasteiger partial charge on any atom is -0.376 e. The largest absolute Gasteiger partial charge is 0.376 e. The van der Waals surface area contributed by atoms with Crippen LogP contribution in [0.1, 0.15) is 54.4 Å². The molecule has 2 heterocycles. The Kier molecular flexibility index (Phi) is 5.91. The van der Waals surface area contributed by atoms with Gasteiger partial charge in [0.05, 0.1) is 16.3 Å². The number of hydrogen-bond donors (Lipinski definition) is 1. The summed E-state index contributed by atoms with van der Waals surface area (Å²) in [5.41, 5.74) is 2.49. The zero-order chi connectivity index (χ0) is 17.8. The van der Waals surface area contributed by atoms with E-state index in [1.54, 1.807) is 0 Å². The average molecular weight is 406 g/mol. The second kappa shape index (κ2) is 8.15. The van der Waals surface area contributed by atoms with E-state index < -0.39 is 0 Å². The smallest absolute Gasteiger partial charge is 0.275 e. The molecule has 25 heavy (non-hydrogen) atoms. The molecule has 0 aliphatic carbocycles. The first-order valence-corrected chi connectivity index (χ1v) is 9.54. The Bertz CT molecular complexity index is 709. The van der Waals surface area contributed by atoms with Gasteiger partial charge in [-0.3, -0.25) is 9.89 Å². The minimum atomic E-state index is -0.0746. The first-order chi connectivity index (χ1) is 12.1. The van der Waals surface area contributed by atoms with E-state index >= 15 is 0 Å². The third-order valence-corrected chi connectivity index (χ3v) is 5.27. The summed E-state index contributed by atoms with van der Waals surface area (Å²) < 4.78 is 6.51. The van der Waals surface area contributed by atoms with Gasteiger partial charge in [-0.2, -0.15) is 5.10 Å². The van der Waals surface area contributed by atoms with Crippen LogP contribution in [-0.4, -0.2) is 40.3 Å². The molecule has 134 valence electrons. The highest BCUT2D eigenvalue weighted by Gasteiger charge is 2.27. The van der Waals surface area contributed by atoms with Crippen LogP contribution in [-0.2, 0) is 11.3 Å². The molecule has 0 bridgehead atoms. The predicted molar refractivity (Wildman–Crippen MR) is 101 cm³/mol. The third-order valence-electron chi connectivity index (χ3n) is 4.46. The van der Waals surface area contributed by atoms with Crippen LogP contribution in [0.4, 0.5) is 0 Å². The Balaban J connectivity index is 1.83. The number of carbonyl (C=O) groups is 1. The number of rotatable bonds is 6. The van der Waals surface area contributed by atoms with Crippen molar-refractivity contribution in [3.05, 3.63) is 51.8 Å². The van der Waals surface area contributed by atoms with Crippen molar-refractivity contribution in [2.45, 2.75) is 45.3 Å². The van der Waals surface area contributed by atoms with Gasteiger partial charge in [0.25, 0.3) is 5.91 Å². The first-order valence-electron chi connectivity index (χ1n) is 8.74. The molecule has 1 fully saturated rings. The third kappa shape index (κ3) is 4.30. The van der Waals surface area contributed by atoms with Crippen molar-refractivity contribution in [2.75, 3.05) is 13.2 Å². The van der Waals surface area contributed by atoms with Gasteiger partial charge in [0.15, 0.2) is 5.69 Å². The van der Waals surface area contributed by atoms with E-state index in [9.17, 15) is 4.79 Å². The lowest BCUT2D eigenvalue weighted by atomic mass is 10.1. The van der Waals surface area contributed by atoms with E-state index in [-0.39, 0.29) is 17.9 Å². The van der Waals surface area contributed by atoms with Gasteiger partial charge in [0.1, 0.15) is 0 Å². The standard InChI is InChI=1S/C19H24BrN3O2/c1-13(2)17-16(20)18(22-21-17)19(24)23(12-15-9-6-10-25-15)11-14-7-4-3-5-8-14/h3-5,7-8,13,15H,6,9-12H2,1-2H3,(H,21,22). The zero-order valence-electron chi connectivity index (χ0n) is 14.7. The summed E-state index contributed by atoms with van der Waals surface area (Å²) in [4.78, 5) is 15.0. The molecule has 1 aliphatic rings. The lowest BCUT2D eigenvalue weighted by Crippen LogP contribution is -2.37. The quantitative estimate of drug-likeness (QED) is 0.785. The summed E-state index contributed by atoms with van der Waals surface area (Å²) >= 11 is 3.55. The number of aromatic amines is 1. The number of nitrogens with one attached hydrogen (secondary N) is 1. The van der Waals surface area contributed by atoms with E-state index in [1.807, 2.05) is 35.2 Å². The fourth-order valence-corrected chi connectivity index (χ4v) is 3.88. The van der Waals surface area contributed by atoms with Crippen molar-refractivity contribution in [1.29, 1.82) is 0 Å². The Morgan fingerprint density at radius 1 is 1.40 bits per heavy atom. The van der Waals surface area contributed by atoms with Crippen molar-refractivity contribution >= 4 is 21.8 Å². The fraction of sp³-hybridized carbons (Fsp3) is 0.474. The summed E-state index contributed by atoms with van der Waals surface area (Å²) in [5.74, 6) is 0.193. The molecular formula is C19H24BrN3O2. The molecule has 1 saturated heterocycles. The van der Waals surface area contributed by atoms with Crippen LogP contribution in [0, 0.1) is 0 Å². The molecule has 1 aromatic carbocycles. The van der Waals surface area contributed by atoms with Gasteiger partial charge in [-0.05, 0) is 40.3 Å². The topological polar surface area (TPSA) is 58.2 Å². The van der Waals surface area contributed by atoms with Crippen LogP contribution in [0.5, 0.6) is 0 Å². The molecule has 1 unspecified atom stereocenters. The van der Waals surface area contributed by atoms with Crippen molar-refractivity contribution in [1.82, 2.24) is 15.1 Å². The molecule has 1 amide bonds. The Morgan fingerprint density at radius 3 is 2.76 bits per heavy atom. The van der Waals surface area contributed by atoms with Crippen molar-refractivity contribution in [3.63, 3.8) is 0 Å². The van der Waals surface area contributed by atoms with E-state index in [0.717, 1.165) is 35.2 Å². The summed E-state index contributed by atoms with van der Waals surface area (Å²) in [5, 5.41) is 7.26. The molecule has 0 radical (unpaired) electrons. The first kappa shape index (κ1) is 18.1. The number of H-pyrrole nitrogens is 1. The number of benzene rings is 1. The number of nitrogens with zero attached hydrogens (tertiary/aromatic N) is 2. The van der Waals surface area contributed by atoms with Gasteiger partial charge < -0.3 is 9.64 Å². The maximum absolute atomic E-state index is 13.2. The van der Waals surface area contributed by atoms with Gasteiger partial charge >= 0.3 is 0 Å². The monoisotopic (exact) mass is 405 g/mol. The molecule has 1 atom stereocenters. The lowest BCUT2D eigenvalue weighted by molar-refractivity contribution is 0.0502. The van der Waals surface area contributed by atoms with Gasteiger partial charge in [-0.25, -0.2) is 0 Å². The van der Waals surface area contributed by atoms with Crippen molar-refractivity contribution in [2.24, 2.45) is 0 Å². The second-order valence-electron chi connectivity index (χ2n) is 6.76. The zero-order valence-corrected chi connectivity index (χ0v) is 16.3. The van der Waals surface area contributed by atoms with Crippen LogP contribution < -0.4 is 0 Å². The molecule has 1 aliphatic heterocycles. The molecule has 5 nitrogen and oxygen atoms in total. The lowest BCUT2D eigenvalue weighted by Gasteiger charge is -2.25. The molecule has 0 saturated carbocycles. The van der Waals surface area contributed by atoms with Crippen molar-refractivity contribution in [3.8, 4) is 0 Å². The van der Waals surface area contributed by atoms with E-state index in [0.29, 0.717) is 18.8 Å². The summed E-state index contributed by atoms with van der Waals surface area (Å²) in [6.45, 7) is 6.06. The van der Waals surface area contributed by atoms with Crippen LogP contribution >= 0.6 is 15.9 Å². The van der Waals surface area contributed by atoms with Gasteiger partial charge in [-0.1, -0.05) is 44.2 Å². The molecule has 3 rings (SSSR count). The number of aromatic nitrogens is 2. The number of ether oxygens (including phenoxy) is 1.